The van der Waals surface area contributed by atoms with Gasteiger partial charge in [-0.25, -0.2) is 4.79 Å². The molecule has 0 unspecified atom stereocenters. The van der Waals surface area contributed by atoms with Crippen LogP contribution in [0.15, 0.2) is 12.4 Å². The number of nitrogens with zero attached hydrogens (tertiary/aromatic N) is 2. The average Bonchev–Trinajstić information content (AvgIpc) is 2.61. The Bertz CT molecular complexity index is 426. The standard InChI is InChI=1S/C7H11N3O.C2HF3O2/c1-10-3-6(2-9-10)7(8)4-11-5-7;3-2(4,5)1(6)7/h2-3H,4-5,8H2,1H3;(H,6,7). The number of rotatable bonds is 1. The summed E-state index contributed by atoms with van der Waals surface area (Å²) in [6.07, 6.45) is -1.36. The number of alkyl halides is 3. The second kappa shape index (κ2) is 4.94. The number of hydrogen-bond donors (Lipinski definition) is 2. The lowest BCUT2D eigenvalue weighted by Gasteiger charge is -2.36. The molecule has 18 heavy (non-hydrogen) atoms. The molecular formula is C9H12F3N3O3. The summed E-state index contributed by atoms with van der Waals surface area (Å²) in [6, 6.07) is 0. The molecule has 0 spiro atoms. The van der Waals surface area contributed by atoms with Crippen LogP contribution in [0.25, 0.3) is 0 Å². The summed E-state index contributed by atoms with van der Waals surface area (Å²) in [6.45, 7) is 1.22. The number of halogens is 3. The Hall–Kier alpha value is -1.61. The van der Waals surface area contributed by atoms with Crippen LogP contribution in [0.4, 0.5) is 13.2 Å². The van der Waals surface area contributed by atoms with Crippen molar-refractivity contribution in [3.63, 3.8) is 0 Å². The summed E-state index contributed by atoms with van der Waals surface area (Å²) in [5.74, 6) is -2.76. The van der Waals surface area contributed by atoms with Gasteiger partial charge in [-0.15, -0.1) is 0 Å². The first-order chi connectivity index (χ1) is 8.15. The molecule has 2 rings (SSSR count). The molecule has 0 aromatic carbocycles. The fraction of sp³-hybridized carbons (Fsp3) is 0.556. The van der Waals surface area contributed by atoms with E-state index in [2.05, 4.69) is 5.10 Å². The van der Waals surface area contributed by atoms with Crippen LogP contribution in [-0.4, -0.2) is 40.2 Å². The van der Waals surface area contributed by atoms with E-state index in [1.54, 1.807) is 10.9 Å². The smallest absolute Gasteiger partial charge is 0.475 e. The molecule has 1 fully saturated rings. The highest BCUT2D eigenvalue weighted by molar-refractivity contribution is 5.73. The Morgan fingerprint density at radius 1 is 1.61 bits per heavy atom. The third-order valence-electron chi connectivity index (χ3n) is 2.24. The molecule has 1 aromatic rings. The number of ether oxygens (including phenoxy) is 1. The zero-order chi connectivity index (χ0) is 14.0. The molecule has 0 radical (unpaired) electrons. The van der Waals surface area contributed by atoms with Crippen molar-refractivity contribution >= 4 is 5.97 Å². The van der Waals surface area contributed by atoms with Crippen molar-refractivity contribution in [3.05, 3.63) is 18.0 Å². The van der Waals surface area contributed by atoms with Gasteiger partial charge in [0.05, 0.1) is 24.9 Å². The lowest BCUT2D eigenvalue weighted by atomic mass is 9.92. The van der Waals surface area contributed by atoms with Gasteiger partial charge in [0.15, 0.2) is 0 Å². The number of carbonyl (C=O) groups is 1. The van der Waals surface area contributed by atoms with Gasteiger partial charge in [-0.3, -0.25) is 4.68 Å². The van der Waals surface area contributed by atoms with Gasteiger partial charge in [-0.05, 0) is 0 Å². The zero-order valence-corrected chi connectivity index (χ0v) is 9.44. The van der Waals surface area contributed by atoms with E-state index in [9.17, 15) is 13.2 Å². The predicted octanol–water partition coefficient (Wildman–Crippen LogP) is 0.238. The molecule has 9 heteroatoms. The van der Waals surface area contributed by atoms with Gasteiger partial charge in [-0.2, -0.15) is 18.3 Å². The highest BCUT2D eigenvalue weighted by Crippen LogP contribution is 2.25. The molecule has 102 valence electrons. The van der Waals surface area contributed by atoms with Crippen LogP contribution in [0.2, 0.25) is 0 Å². The van der Waals surface area contributed by atoms with Crippen molar-refractivity contribution in [2.45, 2.75) is 11.7 Å². The van der Waals surface area contributed by atoms with Crippen molar-refractivity contribution < 1.29 is 27.8 Å². The highest BCUT2D eigenvalue weighted by atomic mass is 19.4. The van der Waals surface area contributed by atoms with E-state index in [0.29, 0.717) is 13.2 Å². The lowest BCUT2D eigenvalue weighted by molar-refractivity contribution is -0.192. The van der Waals surface area contributed by atoms with Crippen LogP contribution in [0.3, 0.4) is 0 Å². The quantitative estimate of drug-likeness (QED) is 0.760. The Labute approximate surface area is 100 Å². The van der Waals surface area contributed by atoms with Crippen LogP contribution < -0.4 is 5.73 Å². The van der Waals surface area contributed by atoms with Crippen molar-refractivity contribution in [1.82, 2.24) is 9.78 Å². The first-order valence-electron chi connectivity index (χ1n) is 4.81. The third-order valence-corrected chi connectivity index (χ3v) is 2.24. The molecule has 2 heterocycles. The molecule has 1 saturated heterocycles. The van der Waals surface area contributed by atoms with Gasteiger partial charge in [0.2, 0.25) is 0 Å². The van der Waals surface area contributed by atoms with Gasteiger partial charge in [0.1, 0.15) is 0 Å². The summed E-state index contributed by atoms with van der Waals surface area (Å²) in [5, 5.41) is 11.2. The van der Waals surface area contributed by atoms with Crippen LogP contribution in [0, 0.1) is 0 Å². The monoisotopic (exact) mass is 267 g/mol. The molecule has 0 aliphatic carbocycles. The van der Waals surface area contributed by atoms with E-state index in [1.807, 2.05) is 13.2 Å². The maximum Gasteiger partial charge on any atom is 0.490 e. The van der Waals surface area contributed by atoms with Crippen LogP contribution in [0.5, 0.6) is 0 Å². The highest BCUT2D eigenvalue weighted by Gasteiger charge is 2.38. The Balaban J connectivity index is 0.000000203. The minimum Gasteiger partial charge on any atom is -0.475 e. The molecule has 0 atom stereocenters. The molecule has 6 nitrogen and oxygen atoms in total. The van der Waals surface area contributed by atoms with Crippen LogP contribution in [0.1, 0.15) is 5.56 Å². The predicted molar refractivity (Wildman–Crippen MR) is 53.6 cm³/mol. The molecule has 0 amide bonds. The topological polar surface area (TPSA) is 90.4 Å². The second-order valence-corrected chi connectivity index (χ2v) is 3.85. The minimum absolute atomic E-state index is 0.270. The third kappa shape index (κ3) is 3.44. The molecule has 1 aromatic heterocycles. The summed E-state index contributed by atoms with van der Waals surface area (Å²) in [4.78, 5) is 8.90. The largest absolute Gasteiger partial charge is 0.490 e. The molecule has 1 aliphatic rings. The van der Waals surface area contributed by atoms with Crippen LogP contribution >= 0.6 is 0 Å². The van der Waals surface area contributed by atoms with E-state index in [0.717, 1.165) is 5.56 Å². The first kappa shape index (κ1) is 14.5. The van der Waals surface area contributed by atoms with Gasteiger partial charge in [0.25, 0.3) is 0 Å². The van der Waals surface area contributed by atoms with Gasteiger partial charge >= 0.3 is 12.1 Å². The molecule has 0 saturated carbocycles. The van der Waals surface area contributed by atoms with E-state index < -0.39 is 12.1 Å². The van der Waals surface area contributed by atoms with E-state index in [-0.39, 0.29) is 5.54 Å². The Morgan fingerprint density at radius 3 is 2.33 bits per heavy atom. The fourth-order valence-corrected chi connectivity index (χ4v) is 1.17. The van der Waals surface area contributed by atoms with Gasteiger partial charge < -0.3 is 15.6 Å². The molecular weight excluding hydrogens is 255 g/mol. The number of nitrogens with two attached hydrogens (primary N) is 1. The summed E-state index contributed by atoms with van der Waals surface area (Å²) < 4.78 is 38.5. The summed E-state index contributed by atoms with van der Waals surface area (Å²) in [7, 11) is 1.88. The normalized spacial score (nSPS) is 17.4. The van der Waals surface area contributed by atoms with E-state index in [4.69, 9.17) is 20.4 Å². The first-order valence-corrected chi connectivity index (χ1v) is 4.81. The van der Waals surface area contributed by atoms with E-state index in [1.165, 1.54) is 0 Å². The fourth-order valence-electron chi connectivity index (χ4n) is 1.17. The summed E-state index contributed by atoms with van der Waals surface area (Å²) in [5.41, 5.74) is 6.75. The van der Waals surface area contributed by atoms with Gasteiger partial charge in [-0.1, -0.05) is 0 Å². The molecule has 1 aliphatic heterocycles. The van der Waals surface area contributed by atoms with Crippen molar-refractivity contribution in [2.75, 3.05) is 13.2 Å². The Kier molecular flexibility index (Phi) is 3.97. The molecule has 3 N–H and O–H groups in total. The molecule has 0 bridgehead atoms. The number of aliphatic carboxylic acids is 1. The van der Waals surface area contributed by atoms with Crippen molar-refractivity contribution in [2.24, 2.45) is 12.8 Å². The van der Waals surface area contributed by atoms with Crippen molar-refractivity contribution in [3.8, 4) is 0 Å². The van der Waals surface area contributed by atoms with Gasteiger partial charge in [0, 0.05) is 18.8 Å². The number of aromatic nitrogens is 2. The summed E-state index contributed by atoms with van der Waals surface area (Å²) >= 11 is 0. The number of carboxylic acid groups (broad SMARTS) is 1. The number of hydrogen-bond acceptors (Lipinski definition) is 4. The maximum atomic E-state index is 10.6. The van der Waals surface area contributed by atoms with E-state index >= 15 is 0 Å². The average molecular weight is 267 g/mol. The number of aryl methyl sites for hydroxylation is 1. The second-order valence-electron chi connectivity index (χ2n) is 3.85. The maximum absolute atomic E-state index is 10.6. The SMILES string of the molecule is Cn1cc(C2(N)COC2)cn1.O=C(O)C(F)(F)F. The minimum atomic E-state index is -5.08. The lowest BCUT2D eigenvalue weighted by Crippen LogP contribution is -2.54. The number of carboxylic acids is 1. The van der Waals surface area contributed by atoms with Crippen LogP contribution in [-0.2, 0) is 22.1 Å². The van der Waals surface area contributed by atoms with Crippen molar-refractivity contribution in [1.29, 1.82) is 0 Å². The zero-order valence-electron chi connectivity index (χ0n) is 9.44. The Morgan fingerprint density at radius 2 is 2.11 bits per heavy atom.